The number of benzene rings is 1. The highest BCUT2D eigenvalue weighted by atomic mass is 35.5. The molecule has 0 aliphatic rings. The van der Waals surface area contributed by atoms with Crippen molar-refractivity contribution < 1.29 is 4.39 Å². The van der Waals surface area contributed by atoms with E-state index in [1.54, 1.807) is 12.1 Å². The number of aromatic nitrogens is 2. The summed E-state index contributed by atoms with van der Waals surface area (Å²) in [5, 5.41) is 0.572. The van der Waals surface area contributed by atoms with Crippen LogP contribution in [-0.2, 0) is 0 Å². The molecule has 0 radical (unpaired) electrons. The number of hydrogen-bond donors (Lipinski definition) is 2. The molecule has 4 nitrogen and oxygen atoms in total. The van der Waals surface area contributed by atoms with Crippen LogP contribution in [0, 0.1) is 5.82 Å². The quantitative estimate of drug-likeness (QED) is 0.671. The Morgan fingerprint density at radius 2 is 1.84 bits per heavy atom. The van der Waals surface area contributed by atoms with Crippen LogP contribution in [0.25, 0.3) is 0 Å². The van der Waals surface area contributed by atoms with Crippen molar-refractivity contribution in [3.63, 3.8) is 0 Å². The maximum atomic E-state index is 13.1. The van der Waals surface area contributed by atoms with Crippen molar-refractivity contribution in [3.8, 4) is 0 Å². The fourth-order valence-corrected chi connectivity index (χ4v) is 2.61. The first-order chi connectivity index (χ1) is 8.95. The SMILES string of the molecule is CC(Sc1nc(N)cc(N)n1)c1ccc(F)c(Cl)c1. The van der Waals surface area contributed by atoms with Gasteiger partial charge in [-0.1, -0.05) is 29.4 Å². The zero-order chi connectivity index (χ0) is 14.0. The summed E-state index contributed by atoms with van der Waals surface area (Å²) < 4.78 is 13.1. The lowest BCUT2D eigenvalue weighted by Gasteiger charge is -2.11. The molecule has 0 fully saturated rings. The Morgan fingerprint density at radius 1 is 1.21 bits per heavy atom. The summed E-state index contributed by atoms with van der Waals surface area (Å²) in [7, 11) is 0. The molecule has 0 amide bonds. The average Bonchev–Trinajstić information content (AvgIpc) is 2.31. The lowest BCUT2D eigenvalue weighted by Crippen LogP contribution is -2.00. The monoisotopic (exact) mass is 298 g/mol. The number of halogens is 2. The van der Waals surface area contributed by atoms with Crippen LogP contribution in [0.1, 0.15) is 17.7 Å². The summed E-state index contributed by atoms with van der Waals surface area (Å²) >= 11 is 7.13. The minimum absolute atomic E-state index is 0.000648. The second kappa shape index (κ2) is 5.63. The van der Waals surface area contributed by atoms with Crippen molar-refractivity contribution >= 4 is 35.0 Å². The minimum atomic E-state index is -0.438. The van der Waals surface area contributed by atoms with E-state index in [4.69, 9.17) is 23.1 Å². The third-order valence-electron chi connectivity index (χ3n) is 2.44. The van der Waals surface area contributed by atoms with Gasteiger partial charge >= 0.3 is 0 Å². The molecule has 0 saturated heterocycles. The van der Waals surface area contributed by atoms with E-state index in [1.807, 2.05) is 6.92 Å². The van der Waals surface area contributed by atoms with Crippen molar-refractivity contribution in [2.24, 2.45) is 0 Å². The highest BCUT2D eigenvalue weighted by Crippen LogP contribution is 2.34. The number of rotatable bonds is 3. The van der Waals surface area contributed by atoms with E-state index in [0.717, 1.165) is 5.56 Å². The molecule has 0 saturated carbocycles. The van der Waals surface area contributed by atoms with Gasteiger partial charge < -0.3 is 11.5 Å². The summed E-state index contributed by atoms with van der Waals surface area (Å²) in [6.45, 7) is 1.94. The highest BCUT2D eigenvalue weighted by molar-refractivity contribution is 7.99. The Labute approximate surface area is 119 Å². The fourth-order valence-electron chi connectivity index (χ4n) is 1.51. The fraction of sp³-hybridized carbons (Fsp3) is 0.167. The van der Waals surface area contributed by atoms with Crippen LogP contribution in [0.3, 0.4) is 0 Å². The number of nitrogens with two attached hydrogens (primary N) is 2. The Kier molecular flexibility index (Phi) is 4.11. The molecule has 4 N–H and O–H groups in total. The predicted octanol–water partition coefficient (Wildman–Crippen LogP) is 3.29. The first-order valence-electron chi connectivity index (χ1n) is 5.47. The van der Waals surface area contributed by atoms with Gasteiger partial charge in [0.15, 0.2) is 5.16 Å². The molecule has 7 heteroatoms. The van der Waals surface area contributed by atoms with Crippen LogP contribution >= 0.6 is 23.4 Å². The number of nitrogens with zero attached hydrogens (tertiary/aromatic N) is 2. The van der Waals surface area contributed by atoms with Gasteiger partial charge in [-0.15, -0.1) is 0 Å². The second-order valence-electron chi connectivity index (χ2n) is 3.93. The molecule has 0 aliphatic heterocycles. The molecule has 100 valence electrons. The summed E-state index contributed by atoms with van der Waals surface area (Å²) in [6.07, 6.45) is 0. The van der Waals surface area contributed by atoms with Gasteiger partial charge in [-0.25, -0.2) is 14.4 Å². The zero-order valence-electron chi connectivity index (χ0n) is 10.1. The van der Waals surface area contributed by atoms with Gasteiger partial charge in [-0.05, 0) is 24.6 Å². The van der Waals surface area contributed by atoms with E-state index in [-0.39, 0.29) is 10.3 Å². The molecular weight excluding hydrogens is 287 g/mol. The maximum absolute atomic E-state index is 13.1. The normalized spacial score (nSPS) is 12.4. The van der Waals surface area contributed by atoms with E-state index >= 15 is 0 Å². The van der Waals surface area contributed by atoms with E-state index in [1.165, 1.54) is 23.9 Å². The number of thioether (sulfide) groups is 1. The standard InChI is InChI=1S/C12H12ClFN4S/c1-6(7-2-3-9(14)8(13)4-7)19-12-17-10(15)5-11(16)18-12/h2-6H,1H3,(H4,15,16,17,18). The molecule has 0 spiro atoms. The van der Waals surface area contributed by atoms with Crippen LogP contribution in [0.15, 0.2) is 29.4 Å². The Hall–Kier alpha value is -1.53. The van der Waals surface area contributed by atoms with Crippen LogP contribution in [0.4, 0.5) is 16.0 Å². The molecule has 0 aliphatic carbocycles. The number of anilines is 2. The van der Waals surface area contributed by atoms with Gasteiger partial charge in [-0.3, -0.25) is 0 Å². The second-order valence-corrected chi connectivity index (χ2v) is 5.65. The minimum Gasteiger partial charge on any atom is -0.383 e. The van der Waals surface area contributed by atoms with Crippen molar-refractivity contribution in [2.75, 3.05) is 11.5 Å². The Morgan fingerprint density at radius 3 is 2.42 bits per heavy atom. The van der Waals surface area contributed by atoms with E-state index in [0.29, 0.717) is 16.8 Å². The summed E-state index contributed by atoms with van der Waals surface area (Å²) in [6, 6.07) is 6.09. The first kappa shape index (κ1) is 13.9. The Bertz CT molecular complexity index is 588. The molecule has 1 aromatic heterocycles. The smallest absolute Gasteiger partial charge is 0.192 e. The summed E-state index contributed by atoms with van der Waals surface area (Å²) in [5.74, 6) is 0.200. The largest absolute Gasteiger partial charge is 0.383 e. The molecule has 1 heterocycles. The van der Waals surface area contributed by atoms with Gasteiger partial charge in [0.05, 0.1) is 5.02 Å². The van der Waals surface area contributed by atoms with E-state index in [2.05, 4.69) is 9.97 Å². The summed E-state index contributed by atoms with van der Waals surface area (Å²) in [5.41, 5.74) is 12.1. The van der Waals surface area contributed by atoms with E-state index < -0.39 is 5.82 Å². The molecule has 2 aromatic rings. The summed E-state index contributed by atoms with van der Waals surface area (Å²) in [4.78, 5) is 8.16. The number of nitrogen functional groups attached to an aromatic ring is 2. The Balaban J connectivity index is 2.20. The lowest BCUT2D eigenvalue weighted by atomic mass is 10.2. The highest BCUT2D eigenvalue weighted by Gasteiger charge is 2.12. The first-order valence-corrected chi connectivity index (χ1v) is 6.73. The van der Waals surface area contributed by atoms with Gasteiger partial charge in [0.1, 0.15) is 17.5 Å². The van der Waals surface area contributed by atoms with Crippen molar-refractivity contribution in [2.45, 2.75) is 17.3 Å². The molecule has 1 atom stereocenters. The molecule has 2 rings (SSSR count). The lowest BCUT2D eigenvalue weighted by molar-refractivity contribution is 0.627. The topological polar surface area (TPSA) is 77.8 Å². The van der Waals surface area contributed by atoms with Crippen molar-refractivity contribution in [1.29, 1.82) is 0 Å². The van der Waals surface area contributed by atoms with Crippen LogP contribution in [-0.4, -0.2) is 9.97 Å². The van der Waals surface area contributed by atoms with Gasteiger partial charge in [0.25, 0.3) is 0 Å². The third-order valence-corrected chi connectivity index (χ3v) is 3.75. The predicted molar refractivity (Wildman–Crippen MR) is 76.5 cm³/mol. The molecule has 19 heavy (non-hydrogen) atoms. The molecule has 0 bridgehead atoms. The third kappa shape index (κ3) is 3.48. The van der Waals surface area contributed by atoms with Crippen LogP contribution < -0.4 is 11.5 Å². The van der Waals surface area contributed by atoms with Gasteiger partial charge in [-0.2, -0.15) is 0 Å². The number of hydrogen-bond acceptors (Lipinski definition) is 5. The molecule has 1 aromatic carbocycles. The molecular formula is C12H12ClFN4S. The van der Waals surface area contributed by atoms with E-state index in [9.17, 15) is 4.39 Å². The van der Waals surface area contributed by atoms with Crippen molar-refractivity contribution in [3.05, 3.63) is 40.7 Å². The van der Waals surface area contributed by atoms with Gasteiger partial charge in [0, 0.05) is 11.3 Å². The molecule has 1 unspecified atom stereocenters. The van der Waals surface area contributed by atoms with Gasteiger partial charge in [0.2, 0.25) is 0 Å². The average molecular weight is 299 g/mol. The zero-order valence-corrected chi connectivity index (χ0v) is 11.7. The van der Waals surface area contributed by atoms with Crippen LogP contribution in [0.2, 0.25) is 5.02 Å². The maximum Gasteiger partial charge on any atom is 0.192 e. The van der Waals surface area contributed by atoms with Crippen LogP contribution in [0.5, 0.6) is 0 Å². The van der Waals surface area contributed by atoms with Crippen molar-refractivity contribution in [1.82, 2.24) is 9.97 Å².